The van der Waals surface area contributed by atoms with Crippen LogP contribution >= 0.6 is 19.2 Å². The van der Waals surface area contributed by atoms with Crippen LogP contribution in [0.5, 0.6) is 5.75 Å². The highest BCUT2D eigenvalue weighted by molar-refractivity contribution is 7.62. The summed E-state index contributed by atoms with van der Waals surface area (Å²) in [7, 11) is 0.724. The van der Waals surface area contributed by atoms with E-state index in [1.807, 2.05) is 29.2 Å². The maximum absolute atomic E-state index is 15.8. The Hall–Kier alpha value is -4.67. The van der Waals surface area contributed by atoms with Crippen molar-refractivity contribution in [2.75, 3.05) is 76.1 Å². The van der Waals surface area contributed by atoms with E-state index in [4.69, 9.17) is 25.4 Å². The maximum atomic E-state index is 15.8. The molecule has 0 bridgehead atoms. The molecule has 4 aliphatic rings. The second kappa shape index (κ2) is 18.1. The number of piperidine rings is 2. The molecular weight excluding hydrogens is 812 g/mol. The molecule has 5 heterocycles. The number of amides is 2. The van der Waals surface area contributed by atoms with Crippen molar-refractivity contribution in [3.8, 4) is 5.75 Å². The third kappa shape index (κ3) is 8.87. The molecule has 0 aliphatic carbocycles. The second-order valence-corrected chi connectivity index (χ2v) is 18.1. The molecule has 4 aliphatic heterocycles. The standard InChI is InChI=1S/C42H50ClFN9O6P/c1-57-36-22-30(10-11-33(36)47-42-45-23-32(43)40(49-42)46-34-6-4-5-7-37(34)60(56,58-2)59-3)51-16-14-29(15-17-51)52-20-18-50(19-21-52)24-28-9-8-27-25-53(26-31(27)39(28)44)35-12-13-38(54)48-41(35)55/h4-11,22-23,29,35H,12-21,24-26H2,1-3H3,(H,48,54,55)(H2,45,46,47,49). The fourth-order valence-electron chi connectivity index (χ4n) is 8.73. The Bertz CT molecular complexity index is 2280. The van der Waals surface area contributed by atoms with E-state index in [9.17, 15) is 14.2 Å². The van der Waals surface area contributed by atoms with Gasteiger partial charge in [0.05, 0.1) is 36.0 Å². The SMILES string of the molecule is COc1cc(N2CCC(N3CCN(Cc4ccc5c(c4F)CN(C4CCC(=O)NC4=O)C5)CC3)CC2)ccc1Nc1ncc(Cl)c(Nc2ccccc2P(=O)(OC)OC)n1. The van der Waals surface area contributed by atoms with Gasteiger partial charge in [-0.3, -0.25) is 34.2 Å². The zero-order chi connectivity index (χ0) is 42.0. The number of carbonyl (C=O) groups is 2. The van der Waals surface area contributed by atoms with Crippen molar-refractivity contribution in [3.63, 3.8) is 0 Å². The Morgan fingerprint density at radius 1 is 0.900 bits per heavy atom. The van der Waals surface area contributed by atoms with Crippen molar-refractivity contribution in [3.05, 3.63) is 88.3 Å². The Morgan fingerprint density at radius 2 is 1.67 bits per heavy atom. The molecule has 0 spiro atoms. The number of carbonyl (C=O) groups excluding carboxylic acids is 2. The van der Waals surface area contributed by atoms with Gasteiger partial charge in [0.15, 0.2) is 5.82 Å². The number of para-hydroxylation sites is 1. The molecule has 8 rings (SSSR count). The summed E-state index contributed by atoms with van der Waals surface area (Å²) in [6.07, 6.45) is 4.33. The third-order valence-electron chi connectivity index (χ3n) is 12.1. The Morgan fingerprint density at radius 3 is 2.40 bits per heavy atom. The van der Waals surface area contributed by atoms with Crippen LogP contribution in [0.4, 0.5) is 33.2 Å². The molecule has 1 aromatic heterocycles. The summed E-state index contributed by atoms with van der Waals surface area (Å²) in [5, 5.41) is 9.43. The van der Waals surface area contributed by atoms with Crippen molar-refractivity contribution in [1.29, 1.82) is 0 Å². The average molecular weight is 862 g/mol. The molecule has 3 aromatic carbocycles. The van der Waals surface area contributed by atoms with Gasteiger partial charge in [-0.25, -0.2) is 9.37 Å². The molecule has 318 valence electrons. The lowest BCUT2D eigenvalue weighted by Crippen LogP contribution is -2.53. The quantitative estimate of drug-likeness (QED) is 0.110. The Labute approximate surface area is 354 Å². The van der Waals surface area contributed by atoms with Crippen LogP contribution in [-0.4, -0.2) is 109 Å². The van der Waals surface area contributed by atoms with Crippen LogP contribution in [0.2, 0.25) is 5.02 Å². The summed E-state index contributed by atoms with van der Waals surface area (Å²) < 4.78 is 45.3. The van der Waals surface area contributed by atoms with Gasteiger partial charge < -0.3 is 29.3 Å². The molecule has 0 saturated carbocycles. The zero-order valence-corrected chi connectivity index (χ0v) is 35.6. The van der Waals surface area contributed by atoms with E-state index in [0.29, 0.717) is 77.9 Å². The number of fused-ring (bicyclic) bond motifs is 1. The number of aromatic nitrogens is 2. The van der Waals surface area contributed by atoms with Crippen LogP contribution < -0.4 is 30.9 Å². The smallest absolute Gasteiger partial charge is 0.362 e. The minimum absolute atomic E-state index is 0.166. The highest BCUT2D eigenvalue weighted by atomic mass is 35.5. The number of ether oxygens (including phenoxy) is 1. The first kappa shape index (κ1) is 42.0. The van der Waals surface area contributed by atoms with Gasteiger partial charge in [-0.2, -0.15) is 4.98 Å². The summed E-state index contributed by atoms with van der Waals surface area (Å²) >= 11 is 6.48. The fraction of sp³-hybridized carbons (Fsp3) is 0.429. The van der Waals surface area contributed by atoms with Gasteiger partial charge in [-0.05, 0) is 49.1 Å². The molecule has 4 aromatic rings. The van der Waals surface area contributed by atoms with E-state index in [-0.39, 0.29) is 28.6 Å². The number of hydrogen-bond acceptors (Lipinski definition) is 14. The lowest BCUT2D eigenvalue weighted by molar-refractivity contribution is -0.137. The highest BCUT2D eigenvalue weighted by Crippen LogP contribution is 2.47. The van der Waals surface area contributed by atoms with E-state index in [2.05, 4.69) is 46.7 Å². The van der Waals surface area contributed by atoms with Crippen LogP contribution in [0, 0.1) is 5.82 Å². The van der Waals surface area contributed by atoms with Crippen LogP contribution in [0.1, 0.15) is 42.4 Å². The van der Waals surface area contributed by atoms with E-state index >= 15 is 4.39 Å². The Kier molecular flexibility index (Phi) is 12.7. The molecule has 2 amide bonds. The van der Waals surface area contributed by atoms with Gasteiger partial charge >= 0.3 is 7.60 Å². The largest absolute Gasteiger partial charge is 0.494 e. The van der Waals surface area contributed by atoms with Crippen molar-refractivity contribution in [2.24, 2.45) is 0 Å². The number of piperazine rings is 1. The molecule has 60 heavy (non-hydrogen) atoms. The number of benzene rings is 3. The number of methoxy groups -OCH3 is 1. The lowest BCUT2D eigenvalue weighted by Gasteiger charge is -2.43. The molecular formula is C42H50ClFN9O6P. The van der Waals surface area contributed by atoms with E-state index in [0.717, 1.165) is 63.4 Å². The maximum Gasteiger partial charge on any atom is 0.362 e. The van der Waals surface area contributed by atoms with Crippen LogP contribution in [0.15, 0.2) is 60.8 Å². The third-order valence-corrected chi connectivity index (χ3v) is 14.3. The van der Waals surface area contributed by atoms with Crippen molar-refractivity contribution in [2.45, 2.75) is 57.4 Å². The van der Waals surface area contributed by atoms with Gasteiger partial charge in [-0.15, -0.1) is 0 Å². The van der Waals surface area contributed by atoms with Crippen molar-refractivity contribution >= 4 is 65.1 Å². The van der Waals surface area contributed by atoms with Gasteiger partial charge in [0.25, 0.3) is 0 Å². The molecule has 1 atom stereocenters. The number of hydrogen-bond donors (Lipinski definition) is 3. The van der Waals surface area contributed by atoms with Crippen LogP contribution in [0.3, 0.4) is 0 Å². The monoisotopic (exact) mass is 861 g/mol. The summed E-state index contributed by atoms with van der Waals surface area (Å²) in [6, 6.07) is 16.9. The second-order valence-electron chi connectivity index (χ2n) is 15.5. The first-order chi connectivity index (χ1) is 29.0. The average Bonchev–Trinajstić information content (AvgIpc) is 3.71. The normalized spacial score (nSPS) is 19.6. The first-order valence-electron chi connectivity index (χ1n) is 20.2. The Balaban J connectivity index is 0.833. The predicted molar refractivity (Wildman–Crippen MR) is 228 cm³/mol. The van der Waals surface area contributed by atoms with Crippen molar-refractivity contribution < 1.29 is 32.3 Å². The van der Waals surface area contributed by atoms with E-state index in [1.165, 1.54) is 20.4 Å². The minimum Gasteiger partial charge on any atom is -0.494 e. The van der Waals surface area contributed by atoms with E-state index in [1.54, 1.807) is 31.4 Å². The molecule has 15 nitrogen and oxygen atoms in total. The topological polar surface area (TPSA) is 154 Å². The number of nitrogens with one attached hydrogen (secondary N) is 3. The van der Waals surface area contributed by atoms with Gasteiger partial charge in [0.1, 0.15) is 16.6 Å². The summed E-state index contributed by atoms with van der Waals surface area (Å²) in [4.78, 5) is 42.3. The van der Waals surface area contributed by atoms with Crippen molar-refractivity contribution in [1.82, 2.24) is 30.0 Å². The van der Waals surface area contributed by atoms with Gasteiger partial charge in [0, 0.05) is 108 Å². The molecule has 0 radical (unpaired) electrons. The van der Waals surface area contributed by atoms with Gasteiger partial charge in [0.2, 0.25) is 17.8 Å². The number of rotatable bonds is 13. The summed E-state index contributed by atoms with van der Waals surface area (Å²) in [6.45, 7) is 6.89. The molecule has 18 heteroatoms. The lowest BCUT2D eigenvalue weighted by atomic mass is 10.0. The molecule has 1 unspecified atom stereocenters. The summed E-state index contributed by atoms with van der Waals surface area (Å²) in [5.41, 5.74) is 4.50. The molecule has 3 saturated heterocycles. The fourth-order valence-corrected chi connectivity index (χ4v) is 10.1. The number of nitrogens with zero attached hydrogens (tertiary/aromatic N) is 6. The first-order valence-corrected chi connectivity index (χ1v) is 22.1. The minimum atomic E-state index is -3.57. The van der Waals surface area contributed by atoms with E-state index < -0.39 is 13.6 Å². The van der Waals surface area contributed by atoms with Crippen LogP contribution in [-0.2, 0) is 42.8 Å². The van der Waals surface area contributed by atoms with Crippen LogP contribution in [0.25, 0.3) is 0 Å². The predicted octanol–water partition coefficient (Wildman–Crippen LogP) is 5.78. The highest BCUT2D eigenvalue weighted by Gasteiger charge is 2.36. The summed E-state index contributed by atoms with van der Waals surface area (Å²) in [5.74, 6) is 0.525. The van der Waals surface area contributed by atoms with Gasteiger partial charge in [-0.1, -0.05) is 35.9 Å². The molecule has 3 fully saturated rings. The zero-order valence-electron chi connectivity index (χ0n) is 34.0. The molecule has 3 N–H and O–H groups in total. The number of anilines is 5. The number of imide groups is 1. The number of halogens is 2.